The molecule has 0 fully saturated rings. The molecule has 1 aliphatic rings. The van der Waals surface area contributed by atoms with Crippen LogP contribution >= 0.6 is 11.3 Å². The number of ether oxygens (including phenoxy) is 1. The Hall–Kier alpha value is -3.18. The zero-order chi connectivity index (χ0) is 21.6. The summed E-state index contributed by atoms with van der Waals surface area (Å²) >= 11 is 1.60. The molecular weight excluding hydrogens is 406 g/mol. The van der Waals surface area contributed by atoms with Gasteiger partial charge in [0.1, 0.15) is 5.00 Å². The van der Waals surface area contributed by atoms with E-state index < -0.39 is 0 Å². The maximum atomic E-state index is 12.9. The van der Waals surface area contributed by atoms with Crippen molar-refractivity contribution in [1.29, 1.82) is 0 Å². The summed E-state index contributed by atoms with van der Waals surface area (Å²) < 4.78 is 5.37. The van der Waals surface area contributed by atoms with Gasteiger partial charge in [0.05, 0.1) is 17.9 Å². The number of aryl methyl sites for hydroxylation is 1. The molecule has 2 aromatic carbocycles. The predicted octanol–water partition coefficient (Wildman–Crippen LogP) is 6.14. The number of anilines is 1. The zero-order valence-electron chi connectivity index (χ0n) is 17.5. The molecule has 5 heteroatoms. The maximum Gasteiger partial charge on any atom is 0.341 e. The van der Waals surface area contributed by atoms with Gasteiger partial charge in [-0.25, -0.2) is 4.79 Å². The van der Waals surface area contributed by atoms with E-state index in [0.717, 1.165) is 41.8 Å². The number of rotatable bonds is 7. The molecule has 0 amide bonds. The summed E-state index contributed by atoms with van der Waals surface area (Å²) in [4.78, 5) is 27.0. The lowest BCUT2D eigenvalue weighted by molar-refractivity contribution is 0.0526. The highest BCUT2D eigenvalue weighted by atomic mass is 32.1. The highest BCUT2D eigenvalue weighted by Crippen LogP contribution is 2.40. The van der Waals surface area contributed by atoms with Crippen LogP contribution < -0.4 is 5.32 Å². The zero-order valence-corrected chi connectivity index (χ0v) is 18.3. The molecule has 4 nitrogen and oxygen atoms in total. The van der Waals surface area contributed by atoms with Crippen LogP contribution in [0, 0.1) is 0 Å². The Morgan fingerprint density at radius 2 is 1.61 bits per heavy atom. The van der Waals surface area contributed by atoms with Crippen molar-refractivity contribution in [3.05, 3.63) is 93.9 Å². The number of benzene rings is 2. The predicted molar refractivity (Wildman–Crippen MR) is 126 cm³/mol. The topological polar surface area (TPSA) is 55.4 Å². The lowest BCUT2D eigenvalue weighted by Gasteiger charge is -2.14. The molecule has 1 aliphatic carbocycles. The van der Waals surface area contributed by atoms with Gasteiger partial charge < -0.3 is 10.1 Å². The summed E-state index contributed by atoms with van der Waals surface area (Å²) in [5, 5.41) is 4.17. The van der Waals surface area contributed by atoms with Crippen molar-refractivity contribution < 1.29 is 14.3 Å². The number of thiophene rings is 1. The number of hydrogen-bond donors (Lipinski definition) is 1. The van der Waals surface area contributed by atoms with Crippen LogP contribution in [0.2, 0.25) is 0 Å². The van der Waals surface area contributed by atoms with Gasteiger partial charge in [0.15, 0.2) is 5.78 Å². The molecule has 0 aliphatic heterocycles. The number of carbonyl (C=O) groups excluding carboxylic acids is 2. The van der Waals surface area contributed by atoms with Crippen molar-refractivity contribution in [2.45, 2.75) is 32.6 Å². The highest BCUT2D eigenvalue weighted by Gasteiger charge is 2.27. The Morgan fingerprint density at radius 1 is 0.968 bits per heavy atom. The second kappa shape index (κ2) is 9.75. The number of carbonyl (C=O) groups is 2. The number of esters is 1. The van der Waals surface area contributed by atoms with E-state index in [1.807, 2.05) is 55.5 Å². The number of nitrogens with one attached hydrogen (secondary N) is 1. The highest BCUT2D eigenvalue weighted by molar-refractivity contribution is 7.16. The normalized spacial score (nSPS) is 13.4. The van der Waals surface area contributed by atoms with Crippen molar-refractivity contribution >= 4 is 33.8 Å². The van der Waals surface area contributed by atoms with Gasteiger partial charge in [0.25, 0.3) is 0 Å². The molecule has 0 atom stereocenters. The van der Waals surface area contributed by atoms with Crippen LogP contribution in [0.1, 0.15) is 56.5 Å². The molecule has 0 saturated carbocycles. The third kappa shape index (κ3) is 4.78. The van der Waals surface area contributed by atoms with E-state index in [9.17, 15) is 9.59 Å². The largest absolute Gasteiger partial charge is 0.462 e. The number of hydrogen-bond acceptors (Lipinski definition) is 5. The third-order valence-corrected chi connectivity index (χ3v) is 6.52. The molecular formula is C26H25NO3S. The quantitative estimate of drug-likeness (QED) is 0.277. The van der Waals surface area contributed by atoms with Gasteiger partial charge in [-0.05, 0) is 43.7 Å². The third-order valence-electron chi connectivity index (χ3n) is 5.32. The molecule has 0 unspecified atom stereocenters. The van der Waals surface area contributed by atoms with Crippen LogP contribution in [-0.2, 0) is 17.6 Å². The molecule has 0 saturated heterocycles. The van der Waals surface area contributed by atoms with Gasteiger partial charge in [-0.3, -0.25) is 4.79 Å². The number of allylic oxidation sites excluding steroid dienone is 1. The van der Waals surface area contributed by atoms with Crippen molar-refractivity contribution in [3.63, 3.8) is 0 Å². The molecule has 0 spiro atoms. The van der Waals surface area contributed by atoms with Gasteiger partial charge in [-0.2, -0.15) is 0 Å². The van der Waals surface area contributed by atoms with Crippen molar-refractivity contribution in [2.24, 2.45) is 0 Å². The van der Waals surface area contributed by atoms with E-state index in [1.54, 1.807) is 29.5 Å². The van der Waals surface area contributed by atoms with Crippen LogP contribution in [0.5, 0.6) is 0 Å². The van der Waals surface area contributed by atoms with Gasteiger partial charge in [0.2, 0.25) is 0 Å². The lowest BCUT2D eigenvalue weighted by Crippen LogP contribution is -2.12. The lowest BCUT2D eigenvalue weighted by atomic mass is 9.95. The molecule has 0 bridgehead atoms. The fourth-order valence-corrected chi connectivity index (χ4v) is 5.11. The molecule has 1 N–H and O–H groups in total. The van der Waals surface area contributed by atoms with Crippen LogP contribution in [0.4, 0.5) is 5.00 Å². The van der Waals surface area contributed by atoms with E-state index >= 15 is 0 Å². The maximum absolute atomic E-state index is 12.9. The minimum atomic E-state index is -0.300. The molecule has 1 aromatic heterocycles. The SMILES string of the molecule is CCOC(=O)c1c(NC(=CC(=O)c2ccccc2)c2ccccc2)sc2c1CCCC2. The first-order valence-corrected chi connectivity index (χ1v) is 11.4. The van der Waals surface area contributed by atoms with Crippen molar-refractivity contribution in [3.8, 4) is 0 Å². The molecule has 0 radical (unpaired) electrons. The van der Waals surface area contributed by atoms with E-state index in [-0.39, 0.29) is 11.8 Å². The second-order valence-electron chi connectivity index (χ2n) is 7.41. The number of ketones is 1. The van der Waals surface area contributed by atoms with E-state index in [2.05, 4.69) is 5.32 Å². The molecule has 3 aromatic rings. The minimum Gasteiger partial charge on any atom is -0.462 e. The average molecular weight is 432 g/mol. The smallest absolute Gasteiger partial charge is 0.341 e. The minimum absolute atomic E-state index is 0.0917. The average Bonchev–Trinajstić information content (AvgIpc) is 3.18. The molecule has 158 valence electrons. The summed E-state index contributed by atoms with van der Waals surface area (Å²) in [6, 6.07) is 18.9. The Labute approximate surface area is 186 Å². The Bertz CT molecular complexity index is 1100. The van der Waals surface area contributed by atoms with Gasteiger partial charge >= 0.3 is 5.97 Å². The van der Waals surface area contributed by atoms with E-state index in [0.29, 0.717) is 23.4 Å². The van der Waals surface area contributed by atoms with Crippen molar-refractivity contribution in [2.75, 3.05) is 11.9 Å². The van der Waals surface area contributed by atoms with Crippen LogP contribution in [0.15, 0.2) is 66.7 Å². The first-order valence-electron chi connectivity index (χ1n) is 10.6. The summed E-state index contributed by atoms with van der Waals surface area (Å²) in [5.74, 6) is -0.392. The fourth-order valence-electron chi connectivity index (χ4n) is 3.82. The summed E-state index contributed by atoms with van der Waals surface area (Å²) in [7, 11) is 0. The number of fused-ring (bicyclic) bond motifs is 1. The standard InChI is InChI=1S/C26H25NO3S/c1-2-30-26(29)24-20-15-9-10-16-23(20)31-25(24)27-21(18-11-5-3-6-12-18)17-22(28)19-13-7-4-8-14-19/h3-8,11-14,17,27H,2,9-10,15-16H2,1H3. The first-order chi connectivity index (χ1) is 15.2. The first kappa shape index (κ1) is 21.1. The Morgan fingerprint density at radius 3 is 2.29 bits per heavy atom. The van der Waals surface area contributed by atoms with Crippen LogP contribution in [0.3, 0.4) is 0 Å². The van der Waals surface area contributed by atoms with Gasteiger partial charge in [0, 0.05) is 16.5 Å². The van der Waals surface area contributed by atoms with Crippen molar-refractivity contribution in [1.82, 2.24) is 0 Å². The Kier molecular flexibility index (Phi) is 6.63. The van der Waals surface area contributed by atoms with Gasteiger partial charge in [-0.1, -0.05) is 60.7 Å². The van der Waals surface area contributed by atoms with Crippen LogP contribution in [-0.4, -0.2) is 18.4 Å². The summed E-state index contributed by atoms with van der Waals surface area (Å²) in [5.41, 5.74) is 3.88. The molecule has 4 rings (SSSR count). The molecule has 31 heavy (non-hydrogen) atoms. The van der Waals surface area contributed by atoms with Gasteiger partial charge in [-0.15, -0.1) is 11.3 Å². The second-order valence-corrected chi connectivity index (χ2v) is 8.52. The van der Waals surface area contributed by atoms with Crippen LogP contribution in [0.25, 0.3) is 5.70 Å². The monoisotopic (exact) mass is 431 g/mol. The van der Waals surface area contributed by atoms with E-state index in [1.165, 1.54) is 4.88 Å². The Balaban J connectivity index is 1.76. The molecule has 1 heterocycles. The van der Waals surface area contributed by atoms with E-state index in [4.69, 9.17) is 4.74 Å². The summed E-state index contributed by atoms with van der Waals surface area (Å²) in [6.45, 7) is 2.15. The summed E-state index contributed by atoms with van der Waals surface area (Å²) in [6.07, 6.45) is 5.67. The fraction of sp³-hybridized carbons (Fsp3) is 0.231.